The van der Waals surface area contributed by atoms with Crippen LogP contribution in [0.4, 0.5) is 4.39 Å². The highest BCUT2D eigenvalue weighted by molar-refractivity contribution is 14.0. The molecule has 1 aromatic carbocycles. The van der Waals surface area contributed by atoms with Gasteiger partial charge in [-0.15, -0.1) is 35.3 Å². The minimum atomic E-state index is -0.340. The largest absolute Gasteiger partial charge is 0.486 e. The van der Waals surface area contributed by atoms with Crippen molar-refractivity contribution in [2.24, 2.45) is 10.9 Å². The van der Waals surface area contributed by atoms with Crippen molar-refractivity contribution < 1.29 is 9.13 Å². The molecule has 1 fully saturated rings. The third-order valence-corrected chi connectivity index (χ3v) is 6.03. The summed E-state index contributed by atoms with van der Waals surface area (Å²) in [7, 11) is 1.77. The molecular weight excluding hydrogens is 514 g/mol. The van der Waals surface area contributed by atoms with E-state index < -0.39 is 0 Å². The summed E-state index contributed by atoms with van der Waals surface area (Å²) in [6, 6.07) is 10.8. The third-order valence-electron chi connectivity index (χ3n) is 5.17. The van der Waals surface area contributed by atoms with Crippen LogP contribution < -0.4 is 15.4 Å². The highest BCUT2D eigenvalue weighted by Crippen LogP contribution is 2.20. The van der Waals surface area contributed by atoms with Gasteiger partial charge in [0.2, 0.25) is 0 Å². The van der Waals surface area contributed by atoms with Gasteiger partial charge >= 0.3 is 0 Å². The van der Waals surface area contributed by atoms with Crippen molar-refractivity contribution in [3.05, 3.63) is 52.5 Å². The molecule has 5 nitrogen and oxygen atoms in total. The second-order valence-corrected chi connectivity index (χ2v) is 8.52. The number of guanidine groups is 1. The van der Waals surface area contributed by atoms with Gasteiger partial charge in [-0.25, -0.2) is 4.39 Å². The van der Waals surface area contributed by atoms with Crippen LogP contribution in [0, 0.1) is 11.7 Å². The lowest BCUT2D eigenvalue weighted by molar-refractivity contribution is 0.179. The van der Waals surface area contributed by atoms with Gasteiger partial charge in [-0.1, -0.05) is 18.2 Å². The Morgan fingerprint density at radius 1 is 1.23 bits per heavy atom. The van der Waals surface area contributed by atoms with Crippen LogP contribution in [0.5, 0.6) is 5.75 Å². The lowest BCUT2D eigenvalue weighted by atomic mass is 9.97. The molecule has 30 heavy (non-hydrogen) atoms. The number of likely N-dealkylation sites (tertiary alicyclic amines) is 1. The average Bonchev–Trinajstić information content (AvgIpc) is 3.24. The van der Waals surface area contributed by atoms with Gasteiger partial charge in [-0.3, -0.25) is 9.89 Å². The van der Waals surface area contributed by atoms with E-state index in [1.54, 1.807) is 25.2 Å². The summed E-state index contributed by atoms with van der Waals surface area (Å²) in [6.45, 7) is 6.73. The number of para-hydroxylation sites is 1. The predicted molar refractivity (Wildman–Crippen MR) is 134 cm³/mol. The Labute approximate surface area is 200 Å². The fourth-order valence-electron chi connectivity index (χ4n) is 3.47. The Kier molecular flexibility index (Phi) is 10.9. The van der Waals surface area contributed by atoms with E-state index in [-0.39, 0.29) is 41.6 Å². The first-order valence-corrected chi connectivity index (χ1v) is 11.1. The zero-order chi connectivity index (χ0) is 20.5. The SMILES string of the molecule is CN=C(NCC1CCN(Cc2cccs2)CC1)NCC(C)Oc1ccccc1F.I. The summed E-state index contributed by atoms with van der Waals surface area (Å²) in [4.78, 5) is 8.27. The van der Waals surface area contributed by atoms with E-state index in [4.69, 9.17) is 4.74 Å². The second-order valence-electron chi connectivity index (χ2n) is 7.49. The minimum Gasteiger partial charge on any atom is -0.486 e. The van der Waals surface area contributed by atoms with Crippen molar-refractivity contribution in [2.45, 2.75) is 32.4 Å². The van der Waals surface area contributed by atoms with Crippen LogP contribution in [-0.2, 0) is 6.54 Å². The zero-order valence-electron chi connectivity index (χ0n) is 17.6. The van der Waals surface area contributed by atoms with Crippen molar-refractivity contribution in [1.29, 1.82) is 0 Å². The molecule has 0 bridgehead atoms. The van der Waals surface area contributed by atoms with Crippen molar-refractivity contribution in [2.75, 3.05) is 33.2 Å². The maximum absolute atomic E-state index is 13.7. The van der Waals surface area contributed by atoms with Gasteiger partial charge in [-0.2, -0.15) is 0 Å². The molecule has 0 radical (unpaired) electrons. The Morgan fingerprint density at radius 2 is 2.00 bits per heavy atom. The first-order chi connectivity index (χ1) is 14.1. The Balaban J connectivity index is 0.00000320. The quantitative estimate of drug-likeness (QED) is 0.294. The molecule has 0 saturated carbocycles. The van der Waals surface area contributed by atoms with Gasteiger partial charge in [0.05, 0.1) is 6.54 Å². The number of ether oxygens (including phenoxy) is 1. The Hall–Kier alpha value is -1.39. The number of hydrogen-bond donors (Lipinski definition) is 2. The van der Waals surface area contributed by atoms with Gasteiger partial charge in [0, 0.05) is 25.0 Å². The number of benzene rings is 1. The molecule has 1 aromatic heterocycles. The molecule has 8 heteroatoms. The molecule has 1 aliphatic rings. The Bertz CT molecular complexity index is 766. The number of nitrogens with zero attached hydrogens (tertiary/aromatic N) is 2. The van der Waals surface area contributed by atoms with E-state index in [0.29, 0.717) is 12.5 Å². The predicted octanol–water partition coefficient (Wildman–Crippen LogP) is 4.35. The van der Waals surface area contributed by atoms with Crippen LogP contribution >= 0.6 is 35.3 Å². The number of rotatable bonds is 8. The molecule has 166 valence electrons. The molecule has 0 aliphatic carbocycles. The molecule has 2 heterocycles. The van der Waals surface area contributed by atoms with Gasteiger partial charge in [-0.05, 0) is 62.4 Å². The lowest BCUT2D eigenvalue weighted by Crippen LogP contribution is -2.45. The van der Waals surface area contributed by atoms with E-state index in [1.807, 2.05) is 18.3 Å². The smallest absolute Gasteiger partial charge is 0.191 e. The summed E-state index contributed by atoms with van der Waals surface area (Å²) in [5.74, 6) is 1.35. The van der Waals surface area contributed by atoms with Crippen molar-refractivity contribution in [3.63, 3.8) is 0 Å². The lowest BCUT2D eigenvalue weighted by Gasteiger charge is -2.32. The third kappa shape index (κ3) is 8.03. The average molecular weight is 546 g/mol. The van der Waals surface area contributed by atoms with Gasteiger partial charge < -0.3 is 15.4 Å². The van der Waals surface area contributed by atoms with E-state index in [9.17, 15) is 4.39 Å². The number of piperidine rings is 1. The zero-order valence-corrected chi connectivity index (χ0v) is 20.8. The summed E-state index contributed by atoms with van der Waals surface area (Å²) in [5.41, 5.74) is 0. The highest BCUT2D eigenvalue weighted by Gasteiger charge is 2.19. The number of halogens is 2. The van der Waals surface area contributed by atoms with Crippen LogP contribution in [0.2, 0.25) is 0 Å². The summed E-state index contributed by atoms with van der Waals surface area (Å²) in [5, 5.41) is 8.84. The molecule has 2 N–H and O–H groups in total. The van der Waals surface area contributed by atoms with E-state index in [0.717, 1.165) is 32.1 Å². The normalized spacial score (nSPS) is 16.6. The molecule has 0 amide bonds. The molecule has 1 saturated heterocycles. The molecule has 1 atom stereocenters. The first-order valence-electron chi connectivity index (χ1n) is 10.2. The number of aliphatic imine (C=N–C) groups is 1. The first kappa shape index (κ1) is 24.9. The maximum atomic E-state index is 13.7. The topological polar surface area (TPSA) is 48.9 Å². The van der Waals surface area contributed by atoms with Crippen LogP contribution in [0.25, 0.3) is 0 Å². The van der Waals surface area contributed by atoms with Gasteiger partial charge in [0.25, 0.3) is 0 Å². The number of hydrogen-bond acceptors (Lipinski definition) is 4. The van der Waals surface area contributed by atoms with Crippen LogP contribution in [0.1, 0.15) is 24.6 Å². The van der Waals surface area contributed by atoms with Gasteiger partial charge in [0.1, 0.15) is 6.10 Å². The van der Waals surface area contributed by atoms with Crippen molar-refractivity contribution >= 4 is 41.3 Å². The molecule has 2 aromatic rings. The summed E-state index contributed by atoms with van der Waals surface area (Å²) in [6.07, 6.45) is 2.22. The number of thiophene rings is 1. The van der Waals surface area contributed by atoms with Gasteiger partial charge in [0.15, 0.2) is 17.5 Å². The maximum Gasteiger partial charge on any atom is 0.191 e. The van der Waals surface area contributed by atoms with Crippen LogP contribution in [0.15, 0.2) is 46.8 Å². The summed E-state index contributed by atoms with van der Waals surface area (Å²) >= 11 is 1.83. The summed E-state index contributed by atoms with van der Waals surface area (Å²) < 4.78 is 19.4. The molecule has 1 unspecified atom stereocenters. The standard InChI is InChI=1S/C22H31FN4OS.HI/c1-17(28-21-8-4-3-7-20(21)23)14-25-22(24-2)26-15-18-9-11-27(12-10-18)16-19-6-5-13-29-19;/h3-8,13,17-18H,9-12,14-16H2,1-2H3,(H2,24,25,26);1H. The minimum absolute atomic E-state index is 0. The van der Waals surface area contributed by atoms with E-state index in [2.05, 4.69) is 38.0 Å². The highest BCUT2D eigenvalue weighted by atomic mass is 127. The van der Waals surface area contributed by atoms with Crippen LogP contribution in [0.3, 0.4) is 0 Å². The fourth-order valence-corrected chi connectivity index (χ4v) is 4.22. The van der Waals surface area contributed by atoms with E-state index >= 15 is 0 Å². The molecule has 3 rings (SSSR count). The van der Waals surface area contributed by atoms with Crippen molar-refractivity contribution in [1.82, 2.24) is 15.5 Å². The van der Waals surface area contributed by atoms with Crippen molar-refractivity contribution in [3.8, 4) is 5.75 Å². The molecule has 0 spiro atoms. The fraction of sp³-hybridized carbons (Fsp3) is 0.500. The second kappa shape index (κ2) is 13.1. The Morgan fingerprint density at radius 3 is 2.67 bits per heavy atom. The van der Waals surface area contributed by atoms with Crippen LogP contribution in [-0.4, -0.2) is 50.2 Å². The number of nitrogens with one attached hydrogen (secondary N) is 2. The van der Waals surface area contributed by atoms with E-state index in [1.165, 1.54) is 23.8 Å². The monoisotopic (exact) mass is 546 g/mol. The molecular formula is C22H32FIN4OS. The molecule has 1 aliphatic heterocycles.